The molecule has 34 heavy (non-hydrogen) atoms. The van der Waals surface area contributed by atoms with E-state index in [0.717, 1.165) is 16.5 Å². The number of hydrogen-bond acceptors (Lipinski definition) is 5. The van der Waals surface area contributed by atoms with E-state index in [2.05, 4.69) is 10.3 Å². The van der Waals surface area contributed by atoms with Gasteiger partial charge in [-0.3, -0.25) is 9.59 Å². The van der Waals surface area contributed by atoms with E-state index in [1.165, 1.54) is 11.8 Å². The molecule has 1 aromatic heterocycles. The maximum Gasteiger partial charge on any atom is 0.339 e. The fraction of sp³-hybridized carbons (Fsp3) is 0.148. The molecule has 2 N–H and O–H groups in total. The molecule has 0 unspecified atom stereocenters. The van der Waals surface area contributed by atoms with Crippen LogP contribution in [-0.4, -0.2) is 34.5 Å². The second-order valence-electron chi connectivity index (χ2n) is 7.86. The number of carbonyl (C=O) groups is 3. The monoisotopic (exact) mass is 472 g/mol. The van der Waals surface area contributed by atoms with Crippen LogP contribution >= 0.6 is 11.8 Å². The summed E-state index contributed by atoms with van der Waals surface area (Å²) in [4.78, 5) is 41.8. The van der Waals surface area contributed by atoms with Gasteiger partial charge < -0.3 is 15.0 Å². The van der Waals surface area contributed by atoms with Crippen LogP contribution in [0.5, 0.6) is 0 Å². The lowest BCUT2D eigenvalue weighted by molar-refractivity contribution is -0.113. The van der Waals surface area contributed by atoms with Crippen molar-refractivity contribution in [2.45, 2.75) is 24.8 Å². The van der Waals surface area contributed by atoms with Crippen LogP contribution in [0.15, 0.2) is 83.9 Å². The largest absolute Gasteiger partial charge is 0.451 e. The normalized spacial score (nSPS) is 11.7. The Bertz CT molecular complexity index is 1340. The molecular weight excluding hydrogens is 448 g/mol. The van der Waals surface area contributed by atoms with Gasteiger partial charge in [-0.25, -0.2) is 4.79 Å². The lowest BCUT2D eigenvalue weighted by Crippen LogP contribution is -2.24. The molecule has 0 saturated carbocycles. The molecule has 3 aromatic carbocycles. The summed E-state index contributed by atoms with van der Waals surface area (Å²) < 4.78 is 5.51. The van der Waals surface area contributed by atoms with Crippen LogP contribution in [0.1, 0.15) is 33.2 Å². The quantitative estimate of drug-likeness (QED) is 0.197. The highest BCUT2D eigenvalue weighted by Gasteiger charge is 2.24. The molecule has 4 aromatic rings. The molecular formula is C27H24N2O4S. The molecule has 1 atom stereocenters. The van der Waals surface area contributed by atoms with Crippen molar-refractivity contribution in [3.05, 3.63) is 95.7 Å². The van der Waals surface area contributed by atoms with Gasteiger partial charge in [-0.15, -0.1) is 11.8 Å². The van der Waals surface area contributed by atoms with Gasteiger partial charge in [0, 0.05) is 33.2 Å². The minimum absolute atomic E-state index is 0.127. The van der Waals surface area contributed by atoms with Crippen molar-refractivity contribution < 1.29 is 19.1 Å². The first kappa shape index (κ1) is 23.3. The number of ether oxygens (including phenoxy) is 1. The molecule has 0 spiro atoms. The summed E-state index contributed by atoms with van der Waals surface area (Å²) >= 11 is 1.24. The molecule has 4 rings (SSSR count). The van der Waals surface area contributed by atoms with Crippen LogP contribution in [0.2, 0.25) is 0 Å². The summed E-state index contributed by atoms with van der Waals surface area (Å²) in [6, 6.07) is 21.9. The van der Waals surface area contributed by atoms with Crippen LogP contribution in [0, 0.1) is 6.92 Å². The van der Waals surface area contributed by atoms with E-state index in [9.17, 15) is 14.4 Å². The van der Waals surface area contributed by atoms with Gasteiger partial charge >= 0.3 is 5.97 Å². The number of Topliss-reactive ketones (excluding diaryl/α,β-unsaturated/α-hetero) is 1. The molecule has 0 aliphatic heterocycles. The topological polar surface area (TPSA) is 88.3 Å². The molecule has 1 heterocycles. The van der Waals surface area contributed by atoms with E-state index in [-0.39, 0.29) is 17.4 Å². The highest BCUT2D eigenvalue weighted by molar-refractivity contribution is 8.00. The zero-order valence-corrected chi connectivity index (χ0v) is 19.6. The summed E-state index contributed by atoms with van der Waals surface area (Å²) in [5.41, 5.74) is 3.46. The van der Waals surface area contributed by atoms with Gasteiger partial charge in [0.1, 0.15) is 0 Å². The SMILES string of the molecule is Cc1ccc(NC(=O)CSc2ccccc2C(=O)O[C@@H](C)C(=O)c2c[nH]c3ccccc23)cc1. The van der Waals surface area contributed by atoms with Gasteiger partial charge in [-0.05, 0) is 44.2 Å². The maximum absolute atomic E-state index is 12.9. The Morgan fingerprint density at radius 3 is 2.44 bits per heavy atom. The molecule has 7 heteroatoms. The number of aryl methyl sites for hydroxylation is 1. The number of carbonyl (C=O) groups excluding carboxylic acids is 3. The second kappa shape index (κ2) is 10.4. The van der Waals surface area contributed by atoms with Crippen molar-refractivity contribution in [3.8, 4) is 0 Å². The van der Waals surface area contributed by atoms with Crippen LogP contribution < -0.4 is 5.32 Å². The van der Waals surface area contributed by atoms with Crippen molar-refractivity contribution in [1.82, 2.24) is 4.98 Å². The van der Waals surface area contributed by atoms with E-state index in [1.54, 1.807) is 37.4 Å². The van der Waals surface area contributed by atoms with Gasteiger partial charge in [0.25, 0.3) is 0 Å². The molecule has 1 amide bonds. The Morgan fingerprint density at radius 2 is 1.65 bits per heavy atom. The minimum Gasteiger partial charge on any atom is -0.451 e. The number of benzene rings is 3. The first-order chi connectivity index (χ1) is 16.4. The van der Waals surface area contributed by atoms with Crippen molar-refractivity contribution >= 4 is 46.0 Å². The number of H-pyrrole nitrogens is 1. The molecule has 0 saturated heterocycles. The molecule has 6 nitrogen and oxygen atoms in total. The average molecular weight is 473 g/mol. The fourth-order valence-electron chi connectivity index (χ4n) is 3.51. The Balaban J connectivity index is 1.40. The number of anilines is 1. The van der Waals surface area contributed by atoms with Gasteiger partial charge in [-0.1, -0.05) is 48.0 Å². The number of aromatic amines is 1. The number of amides is 1. The summed E-state index contributed by atoms with van der Waals surface area (Å²) in [6.45, 7) is 3.54. The van der Waals surface area contributed by atoms with E-state index < -0.39 is 12.1 Å². The van der Waals surface area contributed by atoms with Crippen molar-refractivity contribution in [2.75, 3.05) is 11.1 Å². The summed E-state index contributed by atoms with van der Waals surface area (Å²) in [5.74, 6) is -0.946. The van der Waals surface area contributed by atoms with E-state index >= 15 is 0 Å². The Labute approximate surface area is 201 Å². The van der Waals surface area contributed by atoms with Crippen molar-refractivity contribution in [3.63, 3.8) is 0 Å². The van der Waals surface area contributed by atoms with Crippen molar-refractivity contribution in [2.24, 2.45) is 0 Å². The number of esters is 1. The summed E-state index contributed by atoms with van der Waals surface area (Å²) in [6.07, 6.45) is 0.669. The highest BCUT2D eigenvalue weighted by Crippen LogP contribution is 2.25. The van der Waals surface area contributed by atoms with Crippen LogP contribution in [0.25, 0.3) is 10.9 Å². The predicted molar refractivity (Wildman–Crippen MR) is 134 cm³/mol. The second-order valence-corrected chi connectivity index (χ2v) is 8.88. The molecule has 0 bridgehead atoms. The van der Waals surface area contributed by atoms with Crippen molar-refractivity contribution in [1.29, 1.82) is 0 Å². The van der Waals surface area contributed by atoms with Crippen LogP contribution in [0.4, 0.5) is 5.69 Å². The zero-order valence-electron chi connectivity index (χ0n) is 18.8. The summed E-state index contributed by atoms with van der Waals surface area (Å²) in [7, 11) is 0. The third-order valence-electron chi connectivity index (χ3n) is 5.31. The number of thioether (sulfide) groups is 1. The molecule has 0 radical (unpaired) electrons. The van der Waals surface area contributed by atoms with E-state index in [4.69, 9.17) is 4.74 Å². The van der Waals surface area contributed by atoms with Gasteiger partial charge in [0.15, 0.2) is 6.10 Å². The fourth-order valence-corrected chi connectivity index (χ4v) is 4.35. The highest BCUT2D eigenvalue weighted by atomic mass is 32.2. The molecule has 0 fully saturated rings. The predicted octanol–water partition coefficient (Wildman–Crippen LogP) is 5.64. The minimum atomic E-state index is -0.963. The number of rotatable bonds is 8. The Morgan fingerprint density at radius 1 is 0.941 bits per heavy atom. The maximum atomic E-state index is 12.9. The van der Waals surface area contributed by atoms with E-state index in [0.29, 0.717) is 21.7 Å². The van der Waals surface area contributed by atoms with Crippen LogP contribution in [-0.2, 0) is 9.53 Å². The number of aromatic nitrogens is 1. The molecule has 0 aliphatic rings. The third-order valence-corrected chi connectivity index (χ3v) is 6.38. The average Bonchev–Trinajstić information content (AvgIpc) is 3.28. The smallest absolute Gasteiger partial charge is 0.339 e. The van der Waals surface area contributed by atoms with Crippen LogP contribution in [0.3, 0.4) is 0 Å². The van der Waals surface area contributed by atoms with Gasteiger partial charge in [0.2, 0.25) is 11.7 Å². The Kier molecular flexibility index (Phi) is 7.13. The lowest BCUT2D eigenvalue weighted by atomic mass is 10.1. The first-order valence-electron chi connectivity index (χ1n) is 10.8. The third kappa shape index (κ3) is 5.38. The number of fused-ring (bicyclic) bond motifs is 1. The summed E-state index contributed by atoms with van der Waals surface area (Å²) in [5, 5.41) is 3.63. The Hall–Kier alpha value is -3.84. The number of ketones is 1. The van der Waals surface area contributed by atoms with Gasteiger partial charge in [0.05, 0.1) is 11.3 Å². The lowest BCUT2D eigenvalue weighted by Gasteiger charge is -2.14. The zero-order chi connectivity index (χ0) is 24.1. The number of nitrogens with one attached hydrogen (secondary N) is 2. The molecule has 172 valence electrons. The van der Waals surface area contributed by atoms with E-state index in [1.807, 2.05) is 55.5 Å². The standard InChI is InChI=1S/C27H24N2O4S/c1-17-11-13-19(14-12-17)29-25(30)16-34-24-10-6-4-8-21(24)27(32)33-18(2)26(31)22-15-28-23-9-5-3-7-20(22)23/h3-15,18,28H,16H2,1-2H3,(H,29,30)/t18-/m0/s1. The number of hydrogen-bond donors (Lipinski definition) is 2. The first-order valence-corrected chi connectivity index (χ1v) is 11.8. The van der Waals surface area contributed by atoms with Gasteiger partial charge in [-0.2, -0.15) is 0 Å². The molecule has 0 aliphatic carbocycles. The number of para-hydroxylation sites is 1.